The lowest BCUT2D eigenvalue weighted by Gasteiger charge is -2.35. The highest BCUT2D eigenvalue weighted by Crippen LogP contribution is 2.28. The number of sulfonamides is 1. The quantitative estimate of drug-likeness (QED) is 0.389. The van der Waals surface area contributed by atoms with Gasteiger partial charge in [-0.25, -0.2) is 13.1 Å². The number of hydrogen-bond acceptors (Lipinski definition) is 4. The van der Waals surface area contributed by atoms with Crippen molar-refractivity contribution in [1.82, 2.24) is 10.0 Å². The Morgan fingerprint density at radius 3 is 2.23 bits per heavy atom. The van der Waals surface area contributed by atoms with Crippen molar-refractivity contribution in [3.05, 3.63) is 72.3 Å². The smallest absolute Gasteiger partial charge is 0.406 e. The fraction of sp³-hybridized carbons (Fsp3) is 0.360. The van der Waals surface area contributed by atoms with Gasteiger partial charge in [-0.1, -0.05) is 55.3 Å². The van der Waals surface area contributed by atoms with Crippen molar-refractivity contribution in [3.63, 3.8) is 0 Å². The Bertz CT molecular complexity index is 1230. The minimum absolute atomic E-state index is 0. The van der Waals surface area contributed by atoms with Gasteiger partial charge in [-0.05, 0) is 60.4 Å². The molecule has 1 aliphatic rings. The summed E-state index contributed by atoms with van der Waals surface area (Å²) in [5, 5.41) is 5.91. The molecular weight excluding hydrogens is 501 g/mol. The third-order valence-corrected chi connectivity index (χ3v) is 7.70. The molecule has 0 heterocycles. The Labute approximate surface area is 209 Å². The summed E-state index contributed by atoms with van der Waals surface area (Å²) < 4.78 is 69.7. The van der Waals surface area contributed by atoms with Crippen molar-refractivity contribution < 1.29 is 26.3 Å². The molecule has 1 saturated carbocycles. The Kier molecular flexibility index (Phi) is 8.69. The number of ether oxygens (including phenoxy) is 1. The highest BCUT2D eigenvalue weighted by atomic mass is 35.5. The van der Waals surface area contributed by atoms with Gasteiger partial charge in [0.25, 0.3) is 0 Å². The highest BCUT2D eigenvalue weighted by molar-refractivity contribution is 7.89. The van der Waals surface area contributed by atoms with E-state index in [-0.39, 0.29) is 35.4 Å². The van der Waals surface area contributed by atoms with E-state index in [4.69, 9.17) is 0 Å². The molecule has 3 aromatic carbocycles. The zero-order chi connectivity index (χ0) is 24.3. The second-order valence-electron chi connectivity index (χ2n) is 8.59. The van der Waals surface area contributed by atoms with Gasteiger partial charge in [0.05, 0.1) is 4.90 Å². The van der Waals surface area contributed by atoms with Crippen LogP contribution >= 0.6 is 12.4 Å². The van der Waals surface area contributed by atoms with Crippen LogP contribution in [0.5, 0.6) is 5.75 Å². The van der Waals surface area contributed by atoms with E-state index in [1.54, 1.807) is 0 Å². The molecule has 3 atom stereocenters. The molecule has 0 amide bonds. The Morgan fingerprint density at radius 1 is 0.914 bits per heavy atom. The average molecular weight is 529 g/mol. The van der Waals surface area contributed by atoms with Gasteiger partial charge in [0.15, 0.2) is 0 Å². The van der Waals surface area contributed by atoms with Crippen LogP contribution in [0.2, 0.25) is 0 Å². The van der Waals surface area contributed by atoms with Crippen LogP contribution in [0.1, 0.15) is 44.2 Å². The van der Waals surface area contributed by atoms with Crippen molar-refractivity contribution in [1.29, 1.82) is 0 Å². The van der Waals surface area contributed by atoms with Crippen molar-refractivity contribution in [2.75, 3.05) is 0 Å². The van der Waals surface area contributed by atoms with Gasteiger partial charge in [0.1, 0.15) is 5.75 Å². The zero-order valence-electron chi connectivity index (χ0n) is 19.1. The molecule has 10 heteroatoms. The highest BCUT2D eigenvalue weighted by Gasteiger charge is 2.32. The van der Waals surface area contributed by atoms with Crippen LogP contribution in [-0.2, 0) is 10.0 Å². The largest absolute Gasteiger partial charge is 0.573 e. The van der Waals surface area contributed by atoms with Gasteiger partial charge in [-0.2, -0.15) is 0 Å². The van der Waals surface area contributed by atoms with Crippen molar-refractivity contribution in [2.45, 2.75) is 62.0 Å². The summed E-state index contributed by atoms with van der Waals surface area (Å²) in [5.74, 6) is -0.465. The van der Waals surface area contributed by atoms with Crippen molar-refractivity contribution in [3.8, 4) is 5.75 Å². The zero-order valence-corrected chi connectivity index (χ0v) is 20.7. The predicted octanol–water partition coefficient (Wildman–Crippen LogP) is 6.10. The van der Waals surface area contributed by atoms with E-state index in [0.717, 1.165) is 59.9 Å². The fourth-order valence-electron chi connectivity index (χ4n) is 4.60. The van der Waals surface area contributed by atoms with E-state index in [1.807, 2.05) is 18.2 Å². The first-order chi connectivity index (χ1) is 16.1. The molecule has 0 spiro atoms. The van der Waals surface area contributed by atoms with E-state index < -0.39 is 22.1 Å². The summed E-state index contributed by atoms with van der Waals surface area (Å²) in [5.41, 5.74) is 1.14. The first-order valence-corrected chi connectivity index (χ1v) is 12.7. The molecule has 190 valence electrons. The Balaban J connectivity index is 0.00000342. The number of hydrogen-bond donors (Lipinski definition) is 2. The topological polar surface area (TPSA) is 67.4 Å². The summed E-state index contributed by atoms with van der Waals surface area (Å²) in [4.78, 5) is -0.103. The minimum atomic E-state index is -4.83. The van der Waals surface area contributed by atoms with Gasteiger partial charge >= 0.3 is 6.36 Å². The standard InChI is InChI=1S/C25H27F3N2O3S.ClH/c1-17(21-10-6-8-18-7-2-3-9-22(18)21)29-23-11-4-5-12-24(23)30-34(31,32)20-15-13-19(14-16-20)33-25(26,27)28;/h2-3,6-10,13-17,23-24,29-30H,4-5,11-12H2,1H3;1H/t17-,23-,24-;/m1./s1. The number of rotatable bonds is 7. The third-order valence-electron chi connectivity index (χ3n) is 6.19. The lowest BCUT2D eigenvalue weighted by atomic mass is 9.89. The van der Waals surface area contributed by atoms with Gasteiger partial charge < -0.3 is 10.1 Å². The van der Waals surface area contributed by atoms with Crippen LogP contribution in [0.4, 0.5) is 13.2 Å². The molecule has 4 rings (SSSR count). The number of benzene rings is 3. The van der Waals surface area contributed by atoms with Gasteiger partial charge in [0.2, 0.25) is 10.0 Å². The first-order valence-electron chi connectivity index (χ1n) is 11.2. The fourth-order valence-corrected chi connectivity index (χ4v) is 5.91. The second-order valence-corrected chi connectivity index (χ2v) is 10.3. The van der Waals surface area contributed by atoms with Crippen LogP contribution < -0.4 is 14.8 Å². The van der Waals surface area contributed by atoms with Gasteiger partial charge in [-0.3, -0.25) is 0 Å². The normalized spacial score (nSPS) is 19.7. The molecular formula is C25H28ClF3N2O3S. The summed E-state index contributed by atoms with van der Waals surface area (Å²) >= 11 is 0. The molecule has 0 saturated heterocycles. The minimum Gasteiger partial charge on any atom is -0.406 e. The van der Waals surface area contributed by atoms with E-state index in [2.05, 4.69) is 46.0 Å². The SMILES string of the molecule is C[C@@H](N[C@@H]1CCCC[C@H]1NS(=O)(=O)c1ccc(OC(F)(F)F)cc1)c1cccc2ccccc12.Cl. The maximum atomic E-state index is 13.0. The van der Waals surface area contributed by atoms with Crippen LogP contribution in [0.15, 0.2) is 71.6 Å². The van der Waals surface area contributed by atoms with Crippen molar-refractivity contribution >= 4 is 33.2 Å². The number of nitrogens with one attached hydrogen (secondary N) is 2. The molecule has 2 N–H and O–H groups in total. The molecule has 0 radical (unpaired) electrons. The monoisotopic (exact) mass is 528 g/mol. The molecule has 0 bridgehead atoms. The molecule has 1 fully saturated rings. The van der Waals surface area contributed by atoms with Crippen LogP contribution in [-0.4, -0.2) is 26.9 Å². The Hall–Kier alpha value is -2.33. The van der Waals surface area contributed by atoms with E-state index in [1.165, 1.54) is 0 Å². The lowest BCUT2D eigenvalue weighted by Crippen LogP contribution is -2.52. The molecule has 3 aromatic rings. The molecule has 1 aliphatic carbocycles. The summed E-state index contributed by atoms with van der Waals surface area (Å²) in [6.45, 7) is 2.07. The van der Waals surface area contributed by atoms with Gasteiger partial charge in [0, 0.05) is 18.1 Å². The Morgan fingerprint density at radius 2 is 1.54 bits per heavy atom. The number of alkyl halides is 3. The van der Waals surface area contributed by atoms with E-state index in [0.29, 0.717) is 6.42 Å². The molecule has 5 nitrogen and oxygen atoms in total. The van der Waals surface area contributed by atoms with E-state index >= 15 is 0 Å². The first kappa shape index (κ1) is 27.3. The third kappa shape index (κ3) is 6.88. The van der Waals surface area contributed by atoms with Gasteiger partial charge in [-0.15, -0.1) is 25.6 Å². The summed E-state index contributed by atoms with van der Waals surface area (Å²) in [6.07, 6.45) is -1.45. The molecule has 0 aromatic heterocycles. The predicted molar refractivity (Wildman–Crippen MR) is 132 cm³/mol. The summed E-state index contributed by atoms with van der Waals surface area (Å²) in [7, 11) is -3.92. The maximum absolute atomic E-state index is 13.0. The second kappa shape index (κ2) is 11.2. The summed E-state index contributed by atoms with van der Waals surface area (Å²) in [6, 6.07) is 18.1. The maximum Gasteiger partial charge on any atom is 0.573 e. The van der Waals surface area contributed by atoms with Crippen molar-refractivity contribution in [2.24, 2.45) is 0 Å². The lowest BCUT2D eigenvalue weighted by molar-refractivity contribution is -0.274. The van der Waals surface area contributed by atoms with Crippen LogP contribution in [0.3, 0.4) is 0 Å². The number of fused-ring (bicyclic) bond motifs is 1. The molecule has 0 aliphatic heterocycles. The average Bonchev–Trinajstić information content (AvgIpc) is 2.79. The van der Waals surface area contributed by atoms with E-state index in [9.17, 15) is 21.6 Å². The number of halogens is 4. The van der Waals surface area contributed by atoms with Crippen LogP contribution in [0, 0.1) is 0 Å². The van der Waals surface area contributed by atoms with Crippen LogP contribution in [0.25, 0.3) is 10.8 Å². The molecule has 0 unspecified atom stereocenters. The molecule has 35 heavy (non-hydrogen) atoms.